The minimum Gasteiger partial charge on any atom is -0.449 e. The van der Waals surface area contributed by atoms with E-state index in [0.29, 0.717) is 11.3 Å². The Balaban J connectivity index is 2.14. The van der Waals surface area contributed by atoms with Crippen molar-refractivity contribution >= 4 is 17.6 Å². The summed E-state index contributed by atoms with van der Waals surface area (Å²) in [5, 5.41) is 0. The largest absolute Gasteiger partial charge is 0.449 e. The van der Waals surface area contributed by atoms with Crippen molar-refractivity contribution in [3.63, 3.8) is 0 Å². The Morgan fingerprint density at radius 2 is 1.79 bits per heavy atom. The number of carbonyl (C=O) groups excluding carboxylic acids is 2. The highest BCUT2D eigenvalue weighted by molar-refractivity contribution is 5.99. The number of esters is 1. The first-order chi connectivity index (χ1) is 11.3. The van der Waals surface area contributed by atoms with Gasteiger partial charge in [-0.2, -0.15) is 0 Å². The maximum atomic E-state index is 12.4. The quantitative estimate of drug-likeness (QED) is 0.805. The van der Waals surface area contributed by atoms with E-state index in [9.17, 15) is 14.4 Å². The van der Waals surface area contributed by atoms with Crippen LogP contribution in [0.3, 0.4) is 0 Å². The van der Waals surface area contributed by atoms with Gasteiger partial charge < -0.3 is 14.1 Å². The Bertz CT molecular complexity index is 784. The highest BCUT2D eigenvalue weighted by Crippen LogP contribution is 2.16. The van der Waals surface area contributed by atoms with Crippen LogP contribution in [0.5, 0.6) is 0 Å². The van der Waals surface area contributed by atoms with Gasteiger partial charge in [-0.1, -0.05) is 18.2 Å². The summed E-state index contributed by atoms with van der Waals surface area (Å²) < 4.78 is 10.2. The Kier molecular flexibility index (Phi) is 5.18. The second-order valence-corrected chi connectivity index (χ2v) is 5.46. The van der Waals surface area contributed by atoms with Crippen molar-refractivity contribution in [1.29, 1.82) is 0 Å². The predicted molar refractivity (Wildman–Crippen MR) is 89.2 cm³/mol. The van der Waals surface area contributed by atoms with Crippen LogP contribution in [0.4, 0.5) is 5.69 Å². The standard InChI is InChI=1S/C18H19NO5/c1-11-10-15(20)23-12(2)16(11)18(22)24-13(3)17(21)19(4)14-8-6-5-7-9-14/h5-10,13H,1-4H3/t13-/m0/s1. The molecule has 6 heteroatoms. The molecule has 2 rings (SSSR count). The Hall–Kier alpha value is -2.89. The van der Waals surface area contributed by atoms with E-state index in [4.69, 9.17) is 9.15 Å². The molecule has 0 aliphatic heterocycles. The molecule has 1 amide bonds. The molecular formula is C18H19NO5. The van der Waals surface area contributed by atoms with Crippen LogP contribution in [0.25, 0.3) is 0 Å². The number of amides is 1. The summed E-state index contributed by atoms with van der Waals surface area (Å²) >= 11 is 0. The van der Waals surface area contributed by atoms with Crippen LogP contribution in [-0.4, -0.2) is 25.0 Å². The topological polar surface area (TPSA) is 76.8 Å². The van der Waals surface area contributed by atoms with Gasteiger partial charge in [0.05, 0.1) is 0 Å². The predicted octanol–water partition coefficient (Wildman–Crippen LogP) is 2.46. The fraction of sp³-hybridized carbons (Fsp3) is 0.278. The molecule has 126 valence electrons. The minimum absolute atomic E-state index is 0.164. The van der Waals surface area contributed by atoms with Crippen molar-refractivity contribution in [3.8, 4) is 0 Å². The monoisotopic (exact) mass is 329 g/mol. The number of benzene rings is 1. The zero-order valence-electron chi connectivity index (χ0n) is 14.0. The third-order valence-corrected chi connectivity index (χ3v) is 3.64. The van der Waals surface area contributed by atoms with Crippen LogP contribution in [0.1, 0.15) is 28.6 Å². The van der Waals surface area contributed by atoms with Crippen LogP contribution in [0.15, 0.2) is 45.6 Å². The molecule has 0 aliphatic rings. The first kappa shape index (κ1) is 17.5. The van der Waals surface area contributed by atoms with Crippen LogP contribution < -0.4 is 10.5 Å². The maximum Gasteiger partial charge on any atom is 0.342 e. The molecule has 6 nitrogen and oxygen atoms in total. The molecule has 1 aromatic heterocycles. The van der Waals surface area contributed by atoms with Crippen molar-refractivity contribution in [2.24, 2.45) is 0 Å². The average molecular weight is 329 g/mol. The number of nitrogens with zero attached hydrogens (tertiary/aromatic N) is 1. The summed E-state index contributed by atoms with van der Waals surface area (Å²) in [4.78, 5) is 37.4. The lowest BCUT2D eigenvalue weighted by Crippen LogP contribution is -2.37. The number of aryl methyl sites for hydroxylation is 2. The van der Waals surface area contributed by atoms with Crippen molar-refractivity contribution in [3.05, 3.63) is 63.7 Å². The van der Waals surface area contributed by atoms with E-state index in [2.05, 4.69) is 0 Å². The Labute approximate surface area is 139 Å². The first-order valence-corrected chi connectivity index (χ1v) is 7.46. The molecule has 1 heterocycles. The molecule has 0 radical (unpaired) electrons. The Morgan fingerprint density at radius 1 is 1.17 bits per heavy atom. The molecule has 0 saturated heterocycles. The highest BCUT2D eigenvalue weighted by atomic mass is 16.5. The molecule has 1 aromatic carbocycles. The van der Waals surface area contributed by atoms with Gasteiger partial charge in [-0.3, -0.25) is 4.79 Å². The van der Waals surface area contributed by atoms with Crippen LogP contribution >= 0.6 is 0 Å². The van der Waals surface area contributed by atoms with Gasteiger partial charge in [-0.15, -0.1) is 0 Å². The summed E-state index contributed by atoms with van der Waals surface area (Å²) in [7, 11) is 1.61. The summed E-state index contributed by atoms with van der Waals surface area (Å²) in [6.07, 6.45) is -0.978. The van der Waals surface area contributed by atoms with Gasteiger partial charge in [0.25, 0.3) is 5.91 Å². The van der Waals surface area contributed by atoms with E-state index in [1.54, 1.807) is 26.1 Å². The Morgan fingerprint density at radius 3 is 2.38 bits per heavy atom. The zero-order chi connectivity index (χ0) is 17.9. The fourth-order valence-electron chi connectivity index (χ4n) is 2.38. The summed E-state index contributed by atoms with van der Waals surface area (Å²) in [6, 6.07) is 10.3. The molecular weight excluding hydrogens is 310 g/mol. The van der Waals surface area contributed by atoms with E-state index >= 15 is 0 Å². The van der Waals surface area contributed by atoms with E-state index in [-0.39, 0.29) is 17.2 Å². The van der Waals surface area contributed by atoms with Gasteiger partial charge in [0.2, 0.25) is 0 Å². The van der Waals surface area contributed by atoms with E-state index in [0.717, 1.165) is 0 Å². The SMILES string of the molecule is Cc1cc(=O)oc(C)c1C(=O)O[C@@H](C)C(=O)N(C)c1ccccc1. The van der Waals surface area contributed by atoms with Crippen molar-refractivity contribution < 1.29 is 18.7 Å². The third-order valence-electron chi connectivity index (χ3n) is 3.64. The van der Waals surface area contributed by atoms with Gasteiger partial charge >= 0.3 is 11.6 Å². The summed E-state index contributed by atoms with van der Waals surface area (Å²) in [5.41, 5.74) is 0.777. The zero-order valence-corrected chi connectivity index (χ0v) is 14.0. The van der Waals surface area contributed by atoms with Gasteiger partial charge in [-0.05, 0) is 38.5 Å². The van der Waals surface area contributed by atoms with Gasteiger partial charge in [0.15, 0.2) is 6.10 Å². The molecule has 0 unspecified atom stereocenters. The fourth-order valence-corrected chi connectivity index (χ4v) is 2.38. The molecule has 0 N–H and O–H groups in total. The van der Waals surface area contributed by atoms with E-state index in [1.807, 2.05) is 18.2 Å². The molecule has 0 spiro atoms. The molecule has 0 saturated carbocycles. The molecule has 0 aliphatic carbocycles. The molecule has 0 fully saturated rings. The number of para-hydroxylation sites is 1. The van der Waals surface area contributed by atoms with Crippen LogP contribution in [0, 0.1) is 13.8 Å². The number of rotatable bonds is 4. The number of likely N-dealkylation sites (N-methyl/N-ethyl adjacent to an activating group) is 1. The van der Waals surface area contributed by atoms with E-state index in [1.165, 1.54) is 24.8 Å². The molecule has 24 heavy (non-hydrogen) atoms. The molecule has 2 aromatic rings. The first-order valence-electron chi connectivity index (χ1n) is 7.46. The van der Waals surface area contributed by atoms with Crippen LogP contribution in [-0.2, 0) is 9.53 Å². The minimum atomic E-state index is -0.978. The van der Waals surface area contributed by atoms with Crippen LogP contribution in [0.2, 0.25) is 0 Å². The summed E-state index contributed by atoms with van der Waals surface area (Å²) in [5.74, 6) is -0.889. The molecule has 1 atom stereocenters. The third kappa shape index (κ3) is 3.71. The number of ether oxygens (including phenoxy) is 1. The number of hydrogen-bond acceptors (Lipinski definition) is 5. The van der Waals surface area contributed by atoms with Gasteiger partial charge in [0, 0.05) is 18.8 Å². The van der Waals surface area contributed by atoms with Gasteiger partial charge in [-0.25, -0.2) is 9.59 Å². The number of anilines is 1. The molecule has 0 bridgehead atoms. The number of carbonyl (C=O) groups is 2. The van der Waals surface area contributed by atoms with Crippen molar-refractivity contribution in [2.45, 2.75) is 26.9 Å². The highest BCUT2D eigenvalue weighted by Gasteiger charge is 2.25. The van der Waals surface area contributed by atoms with Crippen molar-refractivity contribution in [1.82, 2.24) is 0 Å². The lowest BCUT2D eigenvalue weighted by molar-refractivity contribution is -0.126. The maximum absolute atomic E-state index is 12.4. The number of hydrogen-bond donors (Lipinski definition) is 0. The van der Waals surface area contributed by atoms with E-state index < -0.39 is 17.7 Å². The second-order valence-electron chi connectivity index (χ2n) is 5.46. The van der Waals surface area contributed by atoms with Crippen molar-refractivity contribution in [2.75, 3.05) is 11.9 Å². The summed E-state index contributed by atoms with van der Waals surface area (Å²) in [6.45, 7) is 4.63. The second kappa shape index (κ2) is 7.12. The average Bonchev–Trinajstić information content (AvgIpc) is 2.53. The normalized spacial score (nSPS) is 11.7. The van der Waals surface area contributed by atoms with Gasteiger partial charge in [0.1, 0.15) is 11.3 Å². The lowest BCUT2D eigenvalue weighted by atomic mass is 10.1. The lowest BCUT2D eigenvalue weighted by Gasteiger charge is -2.21. The smallest absolute Gasteiger partial charge is 0.342 e.